The summed E-state index contributed by atoms with van der Waals surface area (Å²) in [6.45, 7) is 8.22. The molecule has 0 saturated heterocycles. The number of rotatable bonds is 7. The van der Waals surface area contributed by atoms with E-state index >= 15 is 0 Å². The Morgan fingerprint density at radius 2 is 2.16 bits per heavy atom. The Hall–Kier alpha value is -3.01. The summed E-state index contributed by atoms with van der Waals surface area (Å²) in [5, 5.41) is 18.2. The average Bonchev–Trinajstić information content (AvgIpc) is 2.88. The van der Waals surface area contributed by atoms with E-state index in [4.69, 9.17) is 19.8 Å². The zero-order valence-electron chi connectivity index (χ0n) is 14.7. The number of imidazole rings is 1. The Morgan fingerprint density at radius 1 is 1.44 bits per heavy atom. The quantitative estimate of drug-likeness (QED) is 0.613. The van der Waals surface area contributed by atoms with Gasteiger partial charge < -0.3 is 14.6 Å². The van der Waals surface area contributed by atoms with Crippen molar-refractivity contribution < 1.29 is 19.4 Å². The van der Waals surface area contributed by atoms with Gasteiger partial charge in [0.25, 0.3) is 0 Å². The molecule has 0 amide bonds. The van der Waals surface area contributed by atoms with Gasteiger partial charge in [-0.05, 0) is 38.0 Å². The molecule has 0 atom stereocenters. The molecule has 7 nitrogen and oxygen atoms in total. The summed E-state index contributed by atoms with van der Waals surface area (Å²) in [6.07, 6.45) is 2.94. The lowest BCUT2D eigenvalue weighted by atomic mass is 10.2. The molecule has 0 unspecified atom stereocenters. The topological polar surface area (TPSA) is 96.9 Å². The van der Waals surface area contributed by atoms with Crippen molar-refractivity contribution in [2.24, 2.45) is 5.92 Å². The van der Waals surface area contributed by atoms with Crippen molar-refractivity contribution in [2.75, 3.05) is 6.61 Å². The second-order valence-electron chi connectivity index (χ2n) is 6.21. The minimum absolute atomic E-state index is 0.0457. The second-order valence-corrected chi connectivity index (χ2v) is 6.21. The van der Waals surface area contributed by atoms with Gasteiger partial charge in [-0.15, -0.1) is 0 Å². The molecule has 0 aliphatic carbocycles. The number of carbonyl (C=O) groups is 1. The number of aliphatic carboxylic acids is 1. The summed E-state index contributed by atoms with van der Waals surface area (Å²) in [4.78, 5) is 15.6. The molecule has 0 spiro atoms. The molecule has 0 radical (unpaired) electrons. The van der Waals surface area contributed by atoms with Crippen LogP contribution in [0.4, 0.5) is 0 Å². The van der Waals surface area contributed by atoms with Crippen LogP contribution in [0.5, 0.6) is 11.6 Å². The van der Waals surface area contributed by atoms with Gasteiger partial charge in [-0.1, -0.05) is 13.8 Å². The molecule has 0 aliphatic heterocycles. The number of carboxylic acids is 1. The Bertz CT molecular complexity index is 844. The van der Waals surface area contributed by atoms with Crippen LogP contribution in [-0.4, -0.2) is 33.2 Å². The zero-order valence-corrected chi connectivity index (χ0v) is 14.7. The third kappa shape index (κ3) is 4.29. The van der Waals surface area contributed by atoms with Crippen molar-refractivity contribution >= 4 is 17.7 Å². The molecule has 0 saturated carbocycles. The minimum Gasteiger partial charge on any atom is -0.487 e. The van der Waals surface area contributed by atoms with Crippen molar-refractivity contribution in [3.8, 4) is 17.7 Å². The highest BCUT2D eigenvalue weighted by atomic mass is 16.5. The van der Waals surface area contributed by atoms with E-state index in [0.29, 0.717) is 23.7 Å². The van der Waals surface area contributed by atoms with Crippen LogP contribution in [0.1, 0.15) is 33.4 Å². The van der Waals surface area contributed by atoms with Crippen LogP contribution in [0.3, 0.4) is 0 Å². The molecule has 1 N–H and O–H groups in total. The van der Waals surface area contributed by atoms with E-state index in [-0.39, 0.29) is 17.9 Å². The first-order valence-corrected chi connectivity index (χ1v) is 7.99. The van der Waals surface area contributed by atoms with Crippen molar-refractivity contribution in [3.05, 3.63) is 29.6 Å². The summed E-state index contributed by atoms with van der Waals surface area (Å²) >= 11 is 0. The smallest absolute Gasteiger partial charge is 0.346 e. The zero-order chi connectivity index (χ0) is 18.6. The molecule has 2 aromatic rings. The number of hydrogen-bond acceptors (Lipinski definition) is 5. The lowest BCUT2D eigenvalue weighted by Crippen LogP contribution is -2.06. The van der Waals surface area contributed by atoms with E-state index in [1.165, 1.54) is 6.08 Å². The Labute approximate surface area is 146 Å². The maximum Gasteiger partial charge on any atom is 0.346 e. The van der Waals surface area contributed by atoms with E-state index in [0.717, 1.165) is 0 Å². The maximum absolute atomic E-state index is 11.2. The number of nitrogens with zero attached hydrogens (tertiary/aromatic N) is 3. The Kier molecular flexibility index (Phi) is 5.65. The first kappa shape index (κ1) is 18.3. The summed E-state index contributed by atoms with van der Waals surface area (Å²) in [5.74, 6) is -0.215. The van der Waals surface area contributed by atoms with Crippen LogP contribution < -0.4 is 9.47 Å². The third-order valence-corrected chi connectivity index (χ3v) is 3.17. The molecular formula is C18H21N3O4. The first-order chi connectivity index (χ1) is 11.8. The highest BCUT2D eigenvalue weighted by Gasteiger charge is 2.18. The lowest BCUT2D eigenvalue weighted by Gasteiger charge is -2.10. The number of fused-ring (bicyclic) bond motifs is 1. The molecule has 2 heterocycles. The molecule has 25 heavy (non-hydrogen) atoms. The molecule has 0 aromatic carbocycles. The van der Waals surface area contributed by atoms with E-state index in [2.05, 4.69) is 4.98 Å². The monoisotopic (exact) mass is 343 g/mol. The Balaban J connectivity index is 2.64. The van der Waals surface area contributed by atoms with Crippen LogP contribution in [0.15, 0.2) is 23.9 Å². The standard InChI is InChI=1S/C18H21N3O4/c1-11(2)10-24-17-14(8-13(9-19)18(22)23)21-7-5-6-15(16(21)20-17)25-12(3)4/h5-8,11-12H,10H2,1-4H3,(H,22,23). The van der Waals surface area contributed by atoms with Gasteiger partial charge in [0.2, 0.25) is 5.88 Å². The molecule has 7 heteroatoms. The van der Waals surface area contributed by atoms with Crippen molar-refractivity contribution in [1.29, 1.82) is 5.26 Å². The number of hydrogen-bond donors (Lipinski definition) is 1. The van der Waals surface area contributed by atoms with E-state index in [1.54, 1.807) is 28.8 Å². The van der Waals surface area contributed by atoms with Gasteiger partial charge in [-0.2, -0.15) is 10.2 Å². The summed E-state index contributed by atoms with van der Waals surface area (Å²) in [6, 6.07) is 5.23. The van der Waals surface area contributed by atoms with Gasteiger partial charge in [0, 0.05) is 6.20 Å². The number of pyridine rings is 1. The number of aromatic nitrogens is 2. The van der Waals surface area contributed by atoms with E-state index < -0.39 is 11.5 Å². The molecule has 0 fully saturated rings. The van der Waals surface area contributed by atoms with Gasteiger partial charge >= 0.3 is 5.97 Å². The largest absolute Gasteiger partial charge is 0.487 e. The summed E-state index contributed by atoms with van der Waals surface area (Å²) in [5.41, 5.74) is 0.499. The number of carboxylic acid groups (broad SMARTS) is 1. The SMILES string of the molecule is CC(C)COc1nc2c(OC(C)C)cccn2c1C=C(C#N)C(=O)O. The predicted octanol–water partition coefficient (Wildman–Crippen LogP) is 3.15. The van der Waals surface area contributed by atoms with E-state index in [1.807, 2.05) is 27.7 Å². The van der Waals surface area contributed by atoms with Crippen molar-refractivity contribution in [3.63, 3.8) is 0 Å². The first-order valence-electron chi connectivity index (χ1n) is 7.99. The van der Waals surface area contributed by atoms with Gasteiger partial charge in [-0.25, -0.2) is 4.79 Å². The third-order valence-electron chi connectivity index (χ3n) is 3.17. The fourth-order valence-electron chi connectivity index (χ4n) is 2.15. The maximum atomic E-state index is 11.2. The van der Waals surface area contributed by atoms with Gasteiger partial charge in [0.1, 0.15) is 17.3 Å². The van der Waals surface area contributed by atoms with Gasteiger partial charge in [0.05, 0.1) is 12.7 Å². The van der Waals surface area contributed by atoms with Crippen LogP contribution in [-0.2, 0) is 4.79 Å². The molecule has 0 aliphatic rings. The van der Waals surface area contributed by atoms with Gasteiger partial charge in [-0.3, -0.25) is 4.40 Å². The van der Waals surface area contributed by atoms with Crippen LogP contribution in [0, 0.1) is 17.2 Å². The predicted molar refractivity (Wildman–Crippen MR) is 92.5 cm³/mol. The summed E-state index contributed by atoms with van der Waals surface area (Å²) < 4.78 is 13.2. The normalized spacial score (nSPS) is 11.8. The fraction of sp³-hybridized carbons (Fsp3) is 0.389. The van der Waals surface area contributed by atoms with Gasteiger partial charge in [0.15, 0.2) is 11.4 Å². The highest BCUT2D eigenvalue weighted by Crippen LogP contribution is 2.29. The van der Waals surface area contributed by atoms with Crippen LogP contribution in [0.25, 0.3) is 11.7 Å². The van der Waals surface area contributed by atoms with Crippen LogP contribution in [0.2, 0.25) is 0 Å². The minimum atomic E-state index is -1.30. The molecular weight excluding hydrogens is 322 g/mol. The molecule has 132 valence electrons. The Morgan fingerprint density at radius 3 is 2.72 bits per heavy atom. The number of nitriles is 1. The molecule has 2 rings (SSSR count). The average molecular weight is 343 g/mol. The highest BCUT2D eigenvalue weighted by molar-refractivity contribution is 5.96. The summed E-state index contributed by atoms with van der Waals surface area (Å²) in [7, 11) is 0. The van der Waals surface area contributed by atoms with E-state index in [9.17, 15) is 4.79 Å². The number of ether oxygens (including phenoxy) is 2. The van der Waals surface area contributed by atoms with Crippen molar-refractivity contribution in [2.45, 2.75) is 33.8 Å². The lowest BCUT2D eigenvalue weighted by molar-refractivity contribution is -0.132. The molecule has 0 bridgehead atoms. The molecule has 2 aromatic heterocycles. The second kappa shape index (κ2) is 7.71. The van der Waals surface area contributed by atoms with Crippen molar-refractivity contribution in [1.82, 2.24) is 9.38 Å². The van der Waals surface area contributed by atoms with Crippen LogP contribution >= 0.6 is 0 Å². The fourth-order valence-corrected chi connectivity index (χ4v) is 2.15.